The van der Waals surface area contributed by atoms with Crippen LogP contribution < -0.4 is 10.2 Å². The van der Waals surface area contributed by atoms with E-state index in [0.29, 0.717) is 6.54 Å². The van der Waals surface area contributed by atoms with Crippen LogP contribution in [0, 0.1) is 5.92 Å². The van der Waals surface area contributed by atoms with Crippen LogP contribution in [0.15, 0.2) is 59.1 Å². The highest BCUT2D eigenvalue weighted by molar-refractivity contribution is 9.10. The van der Waals surface area contributed by atoms with E-state index in [1.165, 1.54) is 0 Å². The zero-order chi connectivity index (χ0) is 17.1. The smallest absolute Gasteiger partial charge is 0.227 e. The van der Waals surface area contributed by atoms with E-state index in [0.717, 1.165) is 15.7 Å². The normalized spacial score (nSPS) is 18.5. The Hall–Kier alpha value is -2.14. The second-order valence-corrected chi connectivity index (χ2v) is 6.85. The van der Waals surface area contributed by atoms with Crippen LogP contribution in [0.1, 0.15) is 24.9 Å². The van der Waals surface area contributed by atoms with Gasteiger partial charge in [0.15, 0.2) is 0 Å². The highest BCUT2D eigenvalue weighted by atomic mass is 79.9. The molecule has 1 N–H and O–H groups in total. The van der Waals surface area contributed by atoms with Crippen LogP contribution in [0.25, 0.3) is 0 Å². The van der Waals surface area contributed by atoms with Gasteiger partial charge in [-0.2, -0.15) is 0 Å². The number of nitrogens with one attached hydrogen (secondary N) is 1. The SMILES string of the molecule is CC(NC(=O)C1CC(=O)N(c2ccccc2Br)C1)c1ccccc1. The first-order chi connectivity index (χ1) is 11.6. The summed E-state index contributed by atoms with van der Waals surface area (Å²) >= 11 is 3.47. The summed E-state index contributed by atoms with van der Waals surface area (Å²) in [5.41, 5.74) is 1.87. The van der Waals surface area contributed by atoms with Gasteiger partial charge in [0.25, 0.3) is 0 Å². The van der Waals surface area contributed by atoms with Crippen molar-refractivity contribution in [3.8, 4) is 0 Å². The number of carbonyl (C=O) groups is 2. The summed E-state index contributed by atoms with van der Waals surface area (Å²) in [6.07, 6.45) is 0.245. The van der Waals surface area contributed by atoms with Gasteiger partial charge in [-0.1, -0.05) is 42.5 Å². The molecule has 2 unspecified atom stereocenters. The molecule has 1 aliphatic rings. The Balaban J connectivity index is 1.67. The molecule has 2 aromatic carbocycles. The maximum atomic E-state index is 12.5. The predicted octanol–water partition coefficient (Wildman–Crippen LogP) is 3.68. The molecule has 0 bridgehead atoms. The Bertz CT molecular complexity index is 748. The Morgan fingerprint density at radius 1 is 1.17 bits per heavy atom. The van der Waals surface area contributed by atoms with Gasteiger partial charge in [0.2, 0.25) is 11.8 Å². The molecule has 2 amide bonds. The molecule has 2 aromatic rings. The molecule has 1 saturated heterocycles. The minimum Gasteiger partial charge on any atom is -0.349 e. The van der Waals surface area contributed by atoms with Crippen molar-refractivity contribution in [2.45, 2.75) is 19.4 Å². The van der Waals surface area contributed by atoms with Gasteiger partial charge in [-0.25, -0.2) is 0 Å². The van der Waals surface area contributed by atoms with Gasteiger partial charge < -0.3 is 10.2 Å². The minimum atomic E-state index is -0.323. The fourth-order valence-corrected chi connectivity index (χ4v) is 3.44. The molecule has 2 atom stereocenters. The number of carbonyl (C=O) groups excluding carboxylic acids is 2. The van der Waals surface area contributed by atoms with Crippen molar-refractivity contribution < 1.29 is 9.59 Å². The van der Waals surface area contributed by atoms with E-state index in [9.17, 15) is 9.59 Å². The number of halogens is 1. The summed E-state index contributed by atoms with van der Waals surface area (Å²) in [5.74, 6) is -0.417. The topological polar surface area (TPSA) is 49.4 Å². The second kappa shape index (κ2) is 7.18. The van der Waals surface area contributed by atoms with Crippen molar-refractivity contribution >= 4 is 33.4 Å². The monoisotopic (exact) mass is 386 g/mol. The summed E-state index contributed by atoms with van der Waals surface area (Å²) in [6, 6.07) is 17.3. The van der Waals surface area contributed by atoms with Crippen molar-refractivity contribution in [3.63, 3.8) is 0 Å². The largest absolute Gasteiger partial charge is 0.349 e. The first-order valence-electron chi connectivity index (χ1n) is 7.96. The Morgan fingerprint density at radius 3 is 2.54 bits per heavy atom. The summed E-state index contributed by atoms with van der Waals surface area (Å²) in [5, 5.41) is 3.02. The summed E-state index contributed by atoms with van der Waals surface area (Å²) in [4.78, 5) is 26.5. The van der Waals surface area contributed by atoms with Crippen LogP contribution in [0.4, 0.5) is 5.69 Å². The first kappa shape index (κ1) is 16.7. The lowest BCUT2D eigenvalue weighted by Crippen LogP contribution is -2.34. The molecule has 3 rings (SSSR count). The minimum absolute atomic E-state index is 0.0191. The van der Waals surface area contributed by atoms with Crippen LogP contribution >= 0.6 is 15.9 Å². The van der Waals surface area contributed by atoms with E-state index in [-0.39, 0.29) is 30.2 Å². The number of anilines is 1. The Morgan fingerprint density at radius 2 is 1.83 bits per heavy atom. The van der Waals surface area contributed by atoms with Crippen molar-refractivity contribution in [2.24, 2.45) is 5.92 Å². The van der Waals surface area contributed by atoms with Crippen LogP contribution in [-0.4, -0.2) is 18.4 Å². The number of rotatable bonds is 4. The maximum absolute atomic E-state index is 12.5. The first-order valence-corrected chi connectivity index (χ1v) is 8.76. The van der Waals surface area contributed by atoms with E-state index in [4.69, 9.17) is 0 Å². The summed E-state index contributed by atoms with van der Waals surface area (Å²) in [6.45, 7) is 2.37. The van der Waals surface area contributed by atoms with Crippen LogP contribution in [-0.2, 0) is 9.59 Å². The molecule has 1 heterocycles. The van der Waals surface area contributed by atoms with Gasteiger partial charge in [-0.15, -0.1) is 0 Å². The fourth-order valence-electron chi connectivity index (χ4n) is 2.94. The standard InChI is InChI=1S/C19H19BrN2O2/c1-13(14-7-3-2-4-8-14)21-19(24)15-11-18(23)22(12-15)17-10-6-5-9-16(17)20/h2-10,13,15H,11-12H2,1H3,(H,21,24). The molecule has 0 saturated carbocycles. The highest BCUT2D eigenvalue weighted by Crippen LogP contribution is 2.31. The molecule has 124 valence electrons. The average Bonchev–Trinajstić information content (AvgIpc) is 2.98. The Labute approximate surface area is 150 Å². The number of hydrogen-bond acceptors (Lipinski definition) is 2. The van der Waals surface area contributed by atoms with Crippen LogP contribution in [0.5, 0.6) is 0 Å². The fraction of sp³-hybridized carbons (Fsp3) is 0.263. The molecular formula is C19H19BrN2O2. The third-order valence-electron chi connectivity index (χ3n) is 4.30. The van der Waals surface area contributed by atoms with Gasteiger partial charge in [0, 0.05) is 17.4 Å². The van der Waals surface area contributed by atoms with E-state index in [2.05, 4.69) is 21.2 Å². The van der Waals surface area contributed by atoms with E-state index in [1.54, 1.807) is 4.90 Å². The number of nitrogens with zero attached hydrogens (tertiary/aromatic N) is 1. The van der Waals surface area contributed by atoms with E-state index in [1.807, 2.05) is 61.5 Å². The van der Waals surface area contributed by atoms with Gasteiger partial charge in [-0.05, 0) is 40.5 Å². The van der Waals surface area contributed by atoms with Gasteiger partial charge >= 0.3 is 0 Å². The maximum Gasteiger partial charge on any atom is 0.227 e. The van der Waals surface area contributed by atoms with Gasteiger partial charge in [0.1, 0.15) is 0 Å². The number of para-hydroxylation sites is 1. The molecular weight excluding hydrogens is 368 g/mol. The number of benzene rings is 2. The van der Waals surface area contributed by atoms with Crippen molar-refractivity contribution in [2.75, 3.05) is 11.4 Å². The molecule has 24 heavy (non-hydrogen) atoms. The molecule has 0 aliphatic carbocycles. The van der Waals surface area contributed by atoms with Gasteiger partial charge in [-0.3, -0.25) is 9.59 Å². The van der Waals surface area contributed by atoms with Crippen molar-refractivity contribution in [3.05, 3.63) is 64.6 Å². The lowest BCUT2D eigenvalue weighted by molar-refractivity contribution is -0.126. The Kier molecular flexibility index (Phi) is 5.00. The summed E-state index contributed by atoms with van der Waals surface area (Å²) in [7, 11) is 0. The lowest BCUT2D eigenvalue weighted by Gasteiger charge is -2.19. The third-order valence-corrected chi connectivity index (χ3v) is 4.97. The third kappa shape index (κ3) is 3.51. The van der Waals surface area contributed by atoms with E-state index >= 15 is 0 Å². The lowest BCUT2D eigenvalue weighted by atomic mass is 10.1. The van der Waals surface area contributed by atoms with E-state index < -0.39 is 0 Å². The molecule has 0 aromatic heterocycles. The second-order valence-electron chi connectivity index (χ2n) is 6.00. The quantitative estimate of drug-likeness (QED) is 0.870. The number of amides is 2. The van der Waals surface area contributed by atoms with Crippen molar-refractivity contribution in [1.29, 1.82) is 0 Å². The molecule has 1 aliphatic heterocycles. The highest BCUT2D eigenvalue weighted by Gasteiger charge is 2.36. The van der Waals surface area contributed by atoms with Gasteiger partial charge in [0.05, 0.1) is 17.6 Å². The number of hydrogen-bond donors (Lipinski definition) is 1. The molecule has 0 radical (unpaired) electrons. The summed E-state index contributed by atoms with van der Waals surface area (Å²) < 4.78 is 0.858. The predicted molar refractivity (Wildman–Crippen MR) is 97.6 cm³/mol. The zero-order valence-electron chi connectivity index (χ0n) is 13.4. The van der Waals surface area contributed by atoms with Crippen molar-refractivity contribution in [1.82, 2.24) is 5.32 Å². The molecule has 5 heteroatoms. The molecule has 4 nitrogen and oxygen atoms in total. The molecule has 0 spiro atoms. The molecule has 1 fully saturated rings. The average molecular weight is 387 g/mol. The van der Waals surface area contributed by atoms with Crippen LogP contribution in [0.2, 0.25) is 0 Å². The van der Waals surface area contributed by atoms with Crippen LogP contribution in [0.3, 0.4) is 0 Å². The zero-order valence-corrected chi connectivity index (χ0v) is 15.0.